The molecule has 1 aliphatic carbocycles. The van der Waals surface area contributed by atoms with E-state index in [1.807, 2.05) is 0 Å². The number of sulfonamides is 1. The number of benzene rings is 1. The zero-order chi connectivity index (χ0) is 16.2. The Morgan fingerprint density at radius 3 is 2.48 bits per heavy atom. The molecule has 1 aromatic heterocycles. The van der Waals surface area contributed by atoms with E-state index in [4.69, 9.17) is 4.42 Å². The summed E-state index contributed by atoms with van der Waals surface area (Å²) in [7, 11) is -1.95. The fourth-order valence-corrected chi connectivity index (χ4v) is 4.61. The van der Waals surface area contributed by atoms with Gasteiger partial charge in [-0.15, -0.1) is 0 Å². The molecule has 0 unspecified atom stereocenters. The van der Waals surface area contributed by atoms with Gasteiger partial charge in [-0.2, -0.15) is 4.31 Å². The van der Waals surface area contributed by atoms with E-state index in [-0.39, 0.29) is 4.90 Å². The minimum atomic E-state index is -3.55. The fraction of sp³-hybridized carbons (Fsp3) is 0.533. The van der Waals surface area contributed by atoms with E-state index >= 15 is 0 Å². The highest BCUT2D eigenvalue weighted by atomic mass is 32.2. The van der Waals surface area contributed by atoms with Gasteiger partial charge in [0, 0.05) is 45.3 Å². The summed E-state index contributed by atoms with van der Waals surface area (Å²) >= 11 is 0. The summed E-state index contributed by atoms with van der Waals surface area (Å²) in [5.74, 6) is -0.493. The predicted molar refractivity (Wildman–Crippen MR) is 84.8 cm³/mol. The summed E-state index contributed by atoms with van der Waals surface area (Å²) in [6, 6.07) is 5.27. The van der Waals surface area contributed by atoms with Gasteiger partial charge in [0.15, 0.2) is 5.58 Å². The van der Waals surface area contributed by atoms with Crippen LogP contribution >= 0.6 is 0 Å². The van der Waals surface area contributed by atoms with Crippen LogP contribution in [0.5, 0.6) is 0 Å². The maximum absolute atomic E-state index is 12.8. The van der Waals surface area contributed by atoms with Gasteiger partial charge in [-0.05, 0) is 25.0 Å². The molecular formula is C15H19N3O4S. The summed E-state index contributed by atoms with van der Waals surface area (Å²) < 4.78 is 33.6. The lowest BCUT2D eigenvalue weighted by Gasteiger charge is -2.34. The third kappa shape index (κ3) is 2.50. The molecule has 124 valence electrons. The van der Waals surface area contributed by atoms with Crippen molar-refractivity contribution >= 4 is 21.1 Å². The van der Waals surface area contributed by atoms with Crippen LogP contribution in [0, 0.1) is 0 Å². The van der Waals surface area contributed by atoms with Crippen LogP contribution < -0.4 is 5.76 Å². The fourth-order valence-electron chi connectivity index (χ4n) is 3.17. The molecule has 23 heavy (non-hydrogen) atoms. The molecule has 0 bridgehead atoms. The highest BCUT2D eigenvalue weighted by Crippen LogP contribution is 2.29. The summed E-state index contributed by atoms with van der Waals surface area (Å²) in [6.07, 6.45) is 2.47. The molecular weight excluding hydrogens is 318 g/mol. The normalized spacial score (nSPS) is 21.1. The maximum atomic E-state index is 12.8. The Labute approximate surface area is 134 Å². The second-order valence-corrected chi connectivity index (χ2v) is 8.17. The molecule has 7 nitrogen and oxygen atoms in total. The zero-order valence-electron chi connectivity index (χ0n) is 12.9. The van der Waals surface area contributed by atoms with Crippen molar-refractivity contribution in [2.45, 2.75) is 23.8 Å². The van der Waals surface area contributed by atoms with E-state index in [9.17, 15) is 13.2 Å². The zero-order valence-corrected chi connectivity index (χ0v) is 13.8. The molecule has 2 aliphatic rings. The topological polar surface area (TPSA) is 75.8 Å². The van der Waals surface area contributed by atoms with Crippen molar-refractivity contribution in [2.75, 3.05) is 26.2 Å². The summed E-state index contributed by atoms with van der Waals surface area (Å²) in [6.45, 7) is 2.59. The van der Waals surface area contributed by atoms with Gasteiger partial charge in [-0.3, -0.25) is 9.47 Å². The lowest BCUT2D eigenvalue weighted by molar-refractivity contribution is 0.180. The van der Waals surface area contributed by atoms with Crippen molar-refractivity contribution in [1.29, 1.82) is 0 Å². The van der Waals surface area contributed by atoms with E-state index in [0.29, 0.717) is 30.2 Å². The number of fused-ring (bicyclic) bond motifs is 1. The number of aryl methyl sites for hydroxylation is 1. The van der Waals surface area contributed by atoms with Gasteiger partial charge in [0.05, 0.1) is 10.4 Å². The van der Waals surface area contributed by atoms with E-state index in [1.165, 1.54) is 27.8 Å². The molecule has 2 aromatic rings. The quantitative estimate of drug-likeness (QED) is 0.820. The van der Waals surface area contributed by atoms with Gasteiger partial charge in [0.1, 0.15) is 0 Å². The number of aromatic nitrogens is 1. The number of nitrogens with zero attached hydrogens (tertiary/aromatic N) is 3. The summed E-state index contributed by atoms with van der Waals surface area (Å²) in [4.78, 5) is 14.1. The van der Waals surface area contributed by atoms with Crippen LogP contribution in [-0.4, -0.2) is 54.4 Å². The lowest BCUT2D eigenvalue weighted by atomic mass is 10.3. The van der Waals surface area contributed by atoms with E-state index < -0.39 is 15.8 Å². The summed E-state index contributed by atoms with van der Waals surface area (Å²) in [5.41, 5.74) is 0.891. The lowest BCUT2D eigenvalue weighted by Crippen LogP contribution is -2.49. The smallest absolute Gasteiger partial charge is 0.408 e. The van der Waals surface area contributed by atoms with E-state index in [0.717, 1.165) is 13.1 Å². The monoisotopic (exact) mass is 337 g/mol. The van der Waals surface area contributed by atoms with E-state index in [1.54, 1.807) is 19.2 Å². The highest BCUT2D eigenvalue weighted by Gasteiger charge is 2.35. The van der Waals surface area contributed by atoms with Crippen LogP contribution in [-0.2, 0) is 17.1 Å². The average molecular weight is 337 g/mol. The summed E-state index contributed by atoms with van der Waals surface area (Å²) in [5, 5.41) is 0. The van der Waals surface area contributed by atoms with Gasteiger partial charge in [0.2, 0.25) is 10.0 Å². The highest BCUT2D eigenvalue weighted by molar-refractivity contribution is 7.89. The maximum Gasteiger partial charge on any atom is 0.419 e. The SMILES string of the molecule is Cn1c(=O)oc2cc(S(=O)(=O)N3CCN(C4CC4)CC3)ccc21. The minimum Gasteiger partial charge on any atom is -0.408 e. The van der Waals surface area contributed by atoms with Gasteiger partial charge in [-0.1, -0.05) is 0 Å². The first kappa shape index (κ1) is 14.9. The minimum absolute atomic E-state index is 0.180. The first-order valence-electron chi connectivity index (χ1n) is 7.80. The molecule has 0 atom stereocenters. The number of hydrogen-bond donors (Lipinski definition) is 0. The molecule has 1 saturated carbocycles. The van der Waals surface area contributed by atoms with Crippen LogP contribution in [0.4, 0.5) is 0 Å². The Bertz CT molecular complexity index is 902. The van der Waals surface area contributed by atoms with Gasteiger partial charge >= 0.3 is 5.76 Å². The third-order valence-electron chi connectivity index (χ3n) is 4.74. The molecule has 0 N–H and O–H groups in total. The standard InChI is InChI=1S/C15H19N3O4S/c1-16-13-5-4-12(10-14(13)22-15(16)19)23(20,21)18-8-6-17(7-9-18)11-2-3-11/h4-5,10-11H,2-3,6-9H2,1H3. The number of rotatable bonds is 3. The van der Waals surface area contributed by atoms with Crippen molar-refractivity contribution in [2.24, 2.45) is 7.05 Å². The first-order valence-corrected chi connectivity index (χ1v) is 9.24. The molecule has 2 heterocycles. The largest absolute Gasteiger partial charge is 0.419 e. The first-order chi connectivity index (χ1) is 11.0. The number of piperazine rings is 1. The predicted octanol–water partition coefficient (Wildman–Crippen LogP) is 0.600. The Hall–Kier alpha value is -1.64. The molecule has 0 radical (unpaired) electrons. The molecule has 1 aromatic carbocycles. The van der Waals surface area contributed by atoms with Crippen LogP contribution in [0.3, 0.4) is 0 Å². The van der Waals surface area contributed by atoms with Crippen molar-refractivity contribution in [3.8, 4) is 0 Å². The van der Waals surface area contributed by atoms with Crippen molar-refractivity contribution < 1.29 is 12.8 Å². The van der Waals surface area contributed by atoms with Crippen LogP contribution in [0.15, 0.2) is 32.3 Å². The van der Waals surface area contributed by atoms with Crippen molar-refractivity contribution in [1.82, 2.24) is 13.8 Å². The van der Waals surface area contributed by atoms with Crippen LogP contribution in [0.2, 0.25) is 0 Å². The molecule has 8 heteroatoms. The second kappa shape index (κ2) is 5.19. The van der Waals surface area contributed by atoms with Gasteiger partial charge < -0.3 is 4.42 Å². The van der Waals surface area contributed by atoms with Crippen molar-refractivity contribution in [3.05, 3.63) is 28.7 Å². The van der Waals surface area contributed by atoms with Crippen LogP contribution in [0.1, 0.15) is 12.8 Å². The molecule has 0 amide bonds. The Kier molecular flexibility index (Phi) is 3.36. The molecule has 2 fully saturated rings. The Balaban J connectivity index is 1.62. The third-order valence-corrected chi connectivity index (χ3v) is 6.63. The van der Waals surface area contributed by atoms with Gasteiger partial charge in [0.25, 0.3) is 0 Å². The Morgan fingerprint density at radius 1 is 1.13 bits per heavy atom. The second-order valence-electron chi connectivity index (χ2n) is 6.23. The number of hydrogen-bond acceptors (Lipinski definition) is 5. The molecule has 4 rings (SSSR count). The molecule has 0 spiro atoms. The Morgan fingerprint density at radius 2 is 1.83 bits per heavy atom. The van der Waals surface area contributed by atoms with Crippen molar-refractivity contribution in [3.63, 3.8) is 0 Å². The average Bonchev–Trinajstić information content (AvgIpc) is 3.35. The molecule has 1 aliphatic heterocycles. The number of oxazole rings is 1. The molecule has 1 saturated heterocycles. The van der Waals surface area contributed by atoms with Gasteiger partial charge in [-0.25, -0.2) is 13.2 Å². The van der Waals surface area contributed by atoms with Crippen LogP contribution in [0.25, 0.3) is 11.1 Å². The van der Waals surface area contributed by atoms with E-state index in [2.05, 4.69) is 4.90 Å².